The molecule has 0 fully saturated rings. The van der Waals surface area contributed by atoms with Crippen LogP contribution in [0.1, 0.15) is 24.0 Å². The fourth-order valence-corrected chi connectivity index (χ4v) is 4.12. The van der Waals surface area contributed by atoms with Crippen LogP contribution < -0.4 is 0 Å². The molecule has 2 aromatic rings. The molecule has 3 aliphatic rings. The predicted molar refractivity (Wildman–Crippen MR) is 103 cm³/mol. The van der Waals surface area contributed by atoms with Crippen molar-refractivity contribution in [2.24, 2.45) is 4.99 Å². The lowest BCUT2D eigenvalue weighted by Crippen LogP contribution is -2.41. The topological polar surface area (TPSA) is 32.7 Å². The Morgan fingerprint density at radius 3 is 2.38 bits per heavy atom. The van der Waals surface area contributed by atoms with E-state index in [2.05, 4.69) is 47.4 Å². The second-order valence-corrected chi connectivity index (χ2v) is 6.77. The normalized spacial score (nSPS) is 23.8. The van der Waals surface area contributed by atoms with E-state index in [0.29, 0.717) is 0 Å². The average Bonchev–Trinajstić information content (AvgIpc) is 3.04. The number of benzene rings is 2. The molecule has 0 spiro atoms. The van der Waals surface area contributed by atoms with Crippen LogP contribution in [0.25, 0.3) is 5.70 Å². The van der Waals surface area contributed by atoms with Gasteiger partial charge in [-0.15, -0.1) is 0 Å². The molecule has 0 saturated heterocycles. The Hall–Kier alpha value is -3.20. The van der Waals surface area contributed by atoms with Crippen LogP contribution >= 0.6 is 0 Å². The number of nitrogens with zero attached hydrogens (tertiary/aromatic N) is 2. The maximum atomic E-state index is 12.1. The van der Waals surface area contributed by atoms with E-state index in [4.69, 9.17) is 4.99 Å². The third kappa shape index (κ3) is 2.14. The van der Waals surface area contributed by atoms with Crippen LogP contribution in [-0.2, 0) is 10.5 Å². The van der Waals surface area contributed by atoms with Gasteiger partial charge in [0, 0.05) is 17.3 Å². The summed E-state index contributed by atoms with van der Waals surface area (Å²) >= 11 is 0. The molecule has 1 atom stereocenters. The number of rotatable bonds is 2. The summed E-state index contributed by atoms with van der Waals surface area (Å²) in [7, 11) is 0. The number of carbonyl (C=O) groups excluding carboxylic acids is 1. The zero-order valence-electron chi connectivity index (χ0n) is 14.3. The maximum absolute atomic E-state index is 12.1. The first-order valence-electron chi connectivity index (χ1n) is 8.93. The van der Waals surface area contributed by atoms with Gasteiger partial charge in [-0.1, -0.05) is 66.7 Å². The Labute approximate surface area is 152 Å². The Kier molecular flexibility index (Phi) is 3.29. The van der Waals surface area contributed by atoms with Crippen molar-refractivity contribution in [2.45, 2.75) is 18.5 Å². The molecule has 3 nitrogen and oxygen atoms in total. The fourth-order valence-electron chi connectivity index (χ4n) is 4.12. The van der Waals surface area contributed by atoms with Crippen LogP contribution in [-0.4, -0.2) is 16.4 Å². The van der Waals surface area contributed by atoms with Gasteiger partial charge in [0.2, 0.25) is 0 Å². The molecule has 0 saturated carbocycles. The Morgan fingerprint density at radius 2 is 1.62 bits per heavy atom. The van der Waals surface area contributed by atoms with Crippen molar-refractivity contribution in [3.05, 3.63) is 102 Å². The van der Waals surface area contributed by atoms with E-state index in [9.17, 15) is 4.79 Å². The minimum atomic E-state index is -0.489. The van der Waals surface area contributed by atoms with Crippen molar-refractivity contribution < 1.29 is 4.79 Å². The number of carbonyl (C=O) groups is 1. The van der Waals surface area contributed by atoms with Gasteiger partial charge in [0.15, 0.2) is 11.4 Å². The van der Waals surface area contributed by atoms with Gasteiger partial charge in [-0.25, -0.2) is 0 Å². The second-order valence-electron chi connectivity index (χ2n) is 6.77. The van der Waals surface area contributed by atoms with Crippen molar-refractivity contribution in [1.29, 1.82) is 0 Å². The van der Waals surface area contributed by atoms with E-state index >= 15 is 0 Å². The molecule has 0 N–H and O–H groups in total. The molecule has 3 heteroatoms. The third-order valence-electron chi connectivity index (χ3n) is 5.24. The highest BCUT2D eigenvalue weighted by atomic mass is 16.1. The predicted octanol–water partition coefficient (Wildman–Crippen LogP) is 4.45. The van der Waals surface area contributed by atoms with Gasteiger partial charge in [0.1, 0.15) is 0 Å². The quantitative estimate of drug-likeness (QED) is 0.758. The fraction of sp³-hybridized carbons (Fsp3) is 0.130. The first kappa shape index (κ1) is 15.1. The minimum Gasteiger partial charge on any atom is -0.310 e. The van der Waals surface area contributed by atoms with E-state index in [0.717, 1.165) is 41.1 Å². The SMILES string of the molecule is O=C1C=CC2=N[C@@]3(c4ccccc4)CCC=C(c4ccccc4)N3C2=C1. The summed E-state index contributed by atoms with van der Waals surface area (Å²) in [5.74, 6) is 0.0146. The van der Waals surface area contributed by atoms with Crippen LogP contribution in [0.3, 0.4) is 0 Å². The van der Waals surface area contributed by atoms with E-state index in [1.807, 2.05) is 30.3 Å². The largest absolute Gasteiger partial charge is 0.310 e. The van der Waals surface area contributed by atoms with E-state index < -0.39 is 5.66 Å². The molecule has 26 heavy (non-hydrogen) atoms. The van der Waals surface area contributed by atoms with Gasteiger partial charge in [-0.3, -0.25) is 9.79 Å². The zero-order valence-corrected chi connectivity index (χ0v) is 14.3. The summed E-state index contributed by atoms with van der Waals surface area (Å²) in [5.41, 5.74) is 4.72. The molecular formula is C23H18N2O. The van der Waals surface area contributed by atoms with Gasteiger partial charge < -0.3 is 4.90 Å². The third-order valence-corrected chi connectivity index (χ3v) is 5.24. The molecule has 0 radical (unpaired) electrons. The molecule has 0 bridgehead atoms. The second kappa shape index (κ2) is 5.67. The molecule has 1 aliphatic carbocycles. The van der Waals surface area contributed by atoms with Crippen molar-refractivity contribution >= 4 is 17.2 Å². The standard InChI is InChI=1S/C23H18N2O/c26-19-13-14-20-22(16-19)25-21(17-8-3-1-4-9-17)12-7-15-23(25,24-20)18-10-5-2-6-11-18/h1-6,8-14,16H,7,15H2/t23-/m0/s1. The van der Waals surface area contributed by atoms with Gasteiger partial charge >= 0.3 is 0 Å². The van der Waals surface area contributed by atoms with Crippen LogP contribution in [0.5, 0.6) is 0 Å². The maximum Gasteiger partial charge on any atom is 0.180 e. The van der Waals surface area contributed by atoms with Crippen LogP contribution in [0, 0.1) is 0 Å². The lowest BCUT2D eigenvalue weighted by molar-refractivity contribution is -0.110. The lowest BCUT2D eigenvalue weighted by Gasteiger charge is -2.43. The molecule has 0 unspecified atom stereocenters. The van der Waals surface area contributed by atoms with Crippen molar-refractivity contribution in [2.75, 3.05) is 0 Å². The Balaban J connectivity index is 1.75. The summed E-state index contributed by atoms with van der Waals surface area (Å²) in [4.78, 5) is 19.5. The number of hydrogen-bond acceptors (Lipinski definition) is 3. The molecule has 2 aliphatic heterocycles. The summed E-state index contributed by atoms with van der Waals surface area (Å²) in [6.07, 6.45) is 9.26. The van der Waals surface area contributed by atoms with Crippen molar-refractivity contribution in [3.8, 4) is 0 Å². The highest BCUT2D eigenvalue weighted by Gasteiger charge is 2.49. The summed E-state index contributed by atoms with van der Waals surface area (Å²) in [6, 6.07) is 20.8. The van der Waals surface area contributed by atoms with Crippen molar-refractivity contribution in [1.82, 2.24) is 4.90 Å². The van der Waals surface area contributed by atoms with E-state index in [-0.39, 0.29) is 5.78 Å². The molecule has 0 aromatic heterocycles. The lowest BCUT2D eigenvalue weighted by atomic mass is 9.88. The molecule has 2 aromatic carbocycles. The monoisotopic (exact) mass is 338 g/mol. The van der Waals surface area contributed by atoms with E-state index in [1.165, 1.54) is 0 Å². The smallest absolute Gasteiger partial charge is 0.180 e. The van der Waals surface area contributed by atoms with Gasteiger partial charge in [-0.2, -0.15) is 0 Å². The Bertz CT molecular complexity index is 999. The van der Waals surface area contributed by atoms with Gasteiger partial charge in [0.05, 0.1) is 11.4 Å². The molecule has 0 amide bonds. The summed E-state index contributed by atoms with van der Waals surface area (Å²) in [6.45, 7) is 0. The number of aliphatic imine (C=N–C) groups is 1. The number of fused-ring (bicyclic) bond motifs is 3. The zero-order chi connectivity index (χ0) is 17.6. The highest BCUT2D eigenvalue weighted by molar-refractivity contribution is 6.21. The van der Waals surface area contributed by atoms with Crippen LogP contribution in [0.2, 0.25) is 0 Å². The minimum absolute atomic E-state index is 0.0146. The molecule has 2 heterocycles. The number of allylic oxidation sites excluding steroid dienone is 4. The summed E-state index contributed by atoms with van der Waals surface area (Å²) < 4.78 is 0. The number of ketones is 1. The number of hydrogen-bond donors (Lipinski definition) is 0. The van der Waals surface area contributed by atoms with Crippen LogP contribution in [0.4, 0.5) is 0 Å². The molecule has 126 valence electrons. The molecule has 5 rings (SSSR count). The van der Waals surface area contributed by atoms with Gasteiger partial charge in [0.25, 0.3) is 0 Å². The molecular weight excluding hydrogens is 320 g/mol. The first-order valence-corrected chi connectivity index (χ1v) is 8.93. The van der Waals surface area contributed by atoms with Crippen LogP contribution in [0.15, 0.2) is 95.7 Å². The van der Waals surface area contributed by atoms with E-state index in [1.54, 1.807) is 12.2 Å². The Morgan fingerprint density at radius 1 is 0.885 bits per heavy atom. The average molecular weight is 338 g/mol. The summed E-state index contributed by atoms with van der Waals surface area (Å²) in [5, 5.41) is 0. The first-order chi connectivity index (χ1) is 12.8. The van der Waals surface area contributed by atoms with Crippen molar-refractivity contribution in [3.63, 3.8) is 0 Å². The highest BCUT2D eigenvalue weighted by Crippen LogP contribution is 2.50. The van der Waals surface area contributed by atoms with Gasteiger partial charge in [-0.05, 0) is 30.6 Å².